The Morgan fingerprint density at radius 1 is 1.05 bits per heavy atom. The molecule has 0 radical (unpaired) electrons. The van der Waals surface area contributed by atoms with E-state index < -0.39 is 13.6 Å². The number of ketones is 1. The van der Waals surface area contributed by atoms with E-state index >= 15 is 0 Å². The van der Waals surface area contributed by atoms with Crippen LogP contribution in [0.5, 0.6) is 5.75 Å². The number of hydrogen-bond donors (Lipinski definition) is 2. The maximum absolute atomic E-state index is 14.1. The highest BCUT2D eigenvalue weighted by atomic mass is 35.5. The zero-order chi connectivity index (χ0) is 30.0. The topological polar surface area (TPSA) is 136 Å². The Hall–Kier alpha value is -3.26. The summed E-state index contributed by atoms with van der Waals surface area (Å²) in [6, 6.07) is 13.3. The molecule has 0 bridgehead atoms. The third-order valence-electron chi connectivity index (χ3n) is 6.19. The van der Waals surface area contributed by atoms with Gasteiger partial charge in [-0.25, -0.2) is 9.65 Å². The lowest BCUT2D eigenvalue weighted by atomic mass is 9.95. The van der Waals surface area contributed by atoms with Crippen LogP contribution in [-0.2, 0) is 20.6 Å². The largest absolute Gasteiger partial charge is 0.439 e. The zero-order valence-corrected chi connectivity index (χ0v) is 25.0. The molecule has 0 saturated heterocycles. The first-order valence-electron chi connectivity index (χ1n) is 13.1. The van der Waals surface area contributed by atoms with E-state index in [2.05, 4.69) is 15.5 Å². The molecule has 2 aromatic carbocycles. The highest BCUT2D eigenvalue weighted by Crippen LogP contribution is 2.45. The molecular weight excluding hydrogens is 590 g/mol. The summed E-state index contributed by atoms with van der Waals surface area (Å²) in [7, 11) is -3.86. The number of carbonyl (C=O) groups excluding carboxylic acids is 4. The van der Waals surface area contributed by atoms with E-state index in [1.807, 2.05) is 19.9 Å². The average molecular weight is 621 g/mol. The summed E-state index contributed by atoms with van der Waals surface area (Å²) in [4.78, 5) is 42.9. The standard InChI is InChI=1S/C27H31Cl2N4O4P.CO2/c1-18(2)32-38(36,37-21-12-7-4-8-13-21)33-17-19(16-24(34)25-22(28)14-9-15-23(25)29)26(31-33)27(35)30-20-10-5-3-6-11-20;2-1-3/h4,7-9,12-15,17-18,20H,3,5-6,10-11,16H2,1-2H3,(H,30,35)(H,32,36);. The van der Waals surface area contributed by atoms with Crippen molar-refractivity contribution in [1.29, 1.82) is 0 Å². The highest BCUT2D eigenvalue weighted by molar-refractivity contribution is 7.55. The van der Waals surface area contributed by atoms with Crippen LogP contribution in [-0.4, -0.2) is 39.5 Å². The van der Waals surface area contributed by atoms with Crippen molar-refractivity contribution in [2.75, 3.05) is 0 Å². The quantitative estimate of drug-likeness (QED) is 0.204. The summed E-state index contributed by atoms with van der Waals surface area (Å²) in [5.41, 5.74) is 0.461. The molecule has 0 spiro atoms. The van der Waals surface area contributed by atoms with Gasteiger partial charge in [0.15, 0.2) is 11.5 Å². The number of halogens is 2. The van der Waals surface area contributed by atoms with Gasteiger partial charge < -0.3 is 9.84 Å². The first kappa shape index (κ1) is 32.3. The molecule has 4 rings (SSSR count). The molecule has 1 aliphatic carbocycles. The molecule has 0 aliphatic heterocycles. The Morgan fingerprint density at radius 3 is 2.24 bits per heavy atom. The van der Waals surface area contributed by atoms with Crippen molar-refractivity contribution in [1.82, 2.24) is 20.0 Å². The van der Waals surface area contributed by atoms with Crippen molar-refractivity contribution in [3.05, 3.63) is 81.6 Å². The van der Waals surface area contributed by atoms with Gasteiger partial charge in [-0.15, -0.1) is 0 Å². The maximum Gasteiger partial charge on any atom is 0.439 e. The molecular formula is C28H31Cl2N4O6P. The lowest BCUT2D eigenvalue weighted by molar-refractivity contribution is -0.191. The first-order chi connectivity index (χ1) is 19.6. The molecule has 13 heteroatoms. The second-order valence-corrected chi connectivity index (χ2v) is 12.4. The number of nitrogens with one attached hydrogen (secondary N) is 2. The predicted molar refractivity (Wildman–Crippen MR) is 154 cm³/mol. The van der Waals surface area contributed by atoms with Gasteiger partial charge >= 0.3 is 13.8 Å². The van der Waals surface area contributed by atoms with E-state index in [0.29, 0.717) is 11.3 Å². The molecule has 1 amide bonds. The summed E-state index contributed by atoms with van der Waals surface area (Å²) in [5, 5.41) is 10.8. The van der Waals surface area contributed by atoms with Crippen LogP contribution in [0.1, 0.15) is 72.4 Å². The fraction of sp³-hybridized carbons (Fsp3) is 0.357. The monoisotopic (exact) mass is 620 g/mol. The van der Waals surface area contributed by atoms with Gasteiger partial charge in [-0.05, 0) is 51.0 Å². The number of rotatable bonds is 10. The third kappa shape index (κ3) is 8.86. The number of para-hydroxylation sites is 1. The number of nitrogens with zero attached hydrogens (tertiary/aromatic N) is 2. The van der Waals surface area contributed by atoms with Crippen LogP contribution >= 0.6 is 30.9 Å². The van der Waals surface area contributed by atoms with Gasteiger partial charge in [-0.1, -0.05) is 66.7 Å². The molecule has 1 fully saturated rings. The smallest absolute Gasteiger partial charge is 0.417 e. The number of Topliss-reactive ketones (excluding diaryl/α,β-unsaturated/α-hetero) is 1. The second kappa shape index (κ2) is 15.1. The third-order valence-corrected chi connectivity index (χ3v) is 8.86. The van der Waals surface area contributed by atoms with Gasteiger partial charge in [-0.3, -0.25) is 9.59 Å². The van der Waals surface area contributed by atoms with E-state index in [-0.39, 0.29) is 51.7 Å². The average Bonchev–Trinajstić information content (AvgIpc) is 3.34. The van der Waals surface area contributed by atoms with Gasteiger partial charge in [0.25, 0.3) is 5.91 Å². The van der Waals surface area contributed by atoms with Gasteiger partial charge in [0.2, 0.25) is 0 Å². The fourth-order valence-corrected chi connectivity index (χ4v) is 6.88. The van der Waals surface area contributed by atoms with Crippen molar-refractivity contribution < 1.29 is 28.3 Å². The summed E-state index contributed by atoms with van der Waals surface area (Å²) in [6.07, 6.45) is 6.42. The van der Waals surface area contributed by atoms with E-state index in [1.54, 1.807) is 42.5 Å². The first-order valence-corrected chi connectivity index (χ1v) is 15.4. The summed E-state index contributed by atoms with van der Waals surface area (Å²) >= 11 is 12.5. The predicted octanol–water partition coefficient (Wildman–Crippen LogP) is 6.13. The molecule has 2 N–H and O–H groups in total. The van der Waals surface area contributed by atoms with Crippen LogP contribution in [0.25, 0.3) is 0 Å². The van der Waals surface area contributed by atoms with Crippen LogP contribution in [0.4, 0.5) is 0 Å². The Bertz CT molecular complexity index is 1410. The Balaban J connectivity index is 0.00000147. The number of hydrogen-bond acceptors (Lipinski definition) is 7. The van der Waals surface area contributed by atoms with E-state index in [1.165, 1.54) is 6.20 Å². The van der Waals surface area contributed by atoms with Crippen molar-refractivity contribution in [3.63, 3.8) is 0 Å². The summed E-state index contributed by atoms with van der Waals surface area (Å²) in [5.74, 6) is -0.449. The highest BCUT2D eigenvalue weighted by Gasteiger charge is 2.33. The van der Waals surface area contributed by atoms with Crippen LogP contribution < -0.4 is 14.9 Å². The van der Waals surface area contributed by atoms with Gasteiger partial charge in [-0.2, -0.15) is 19.1 Å². The number of amides is 1. The zero-order valence-electron chi connectivity index (χ0n) is 22.6. The van der Waals surface area contributed by atoms with Crippen molar-refractivity contribution >= 4 is 48.7 Å². The minimum atomic E-state index is -3.86. The number of benzene rings is 2. The van der Waals surface area contributed by atoms with Crippen LogP contribution in [0, 0.1) is 0 Å². The minimum Gasteiger partial charge on any atom is -0.417 e. The number of carbonyl (C=O) groups is 2. The lowest BCUT2D eigenvalue weighted by Gasteiger charge is -2.23. The van der Waals surface area contributed by atoms with Gasteiger partial charge in [0.1, 0.15) is 5.75 Å². The molecule has 41 heavy (non-hydrogen) atoms. The lowest BCUT2D eigenvalue weighted by Crippen LogP contribution is -2.37. The van der Waals surface area contributed by atoms with Crippen LogP contribution in [0.2, 0.25) is 10.0 Å². The molecule has 1 heterocycles. The second-order valence-electron chi connectivity index (χ2n) is 9.72. The molecule has 1 atom stereocenters. The molecule has 1 aliphatic rings. The Labute approximate surface area is 248 Å². The van der Waals surface area contributed by atoms with E-state index in [0.717, 1.165) is 36.6 Å². The molecule has 10 nitrogen and oxygen atoms in total. The Morgan fingerprint density at radius 2 is 1.66 bits per heavy atom. The van der Waals surface area contributed by atoms with Crippen LogP contribution in [0.15, 0.2) is 54.7 Å². The van der Waals surface area contributed by atoms with E-state index in [4.69, 9.17) is 37.3 Å². The normalized spacial score (nSPS) is 14.8. The van der Waals surface area contributed by atoms with Gasteiger partial charge in [0.05, 0.1) is 15.6 Å². The molecule has 1 unspecified atom stereocenters. The summed E-state index contributed by atoms with van der Waals surface area (Å²) in [6.45, 7) is 3.65. The summed E-state index contributed by atoms with van der Waals surface area (Å²) < 4.78 is 21.2. The number of aromatic nitrogens is 2. The van der Waals surface area contributed by atoms with Crippen molar-refractivity contribution in [3.8, 4) is 5.75 Å². The molecule has 1 aromatic heterocycles. The molecule has 218 valence electrons. The van der Waals surface area contributed by atoms with Gasteiger partial charge in [0, 0.05) is 30.3 Å². The molecule has 1 saturated carbocycles. The minimum absolute atomic E-state index is 0.00884. The van der Waals surface area contributed by atoms with Crippen molar-refractivity contribution in [2.45, 2.75) is 64.5 Å². The van der Waals surface area contributed by atoms with Crippen molar-refractivity contribution in [2.24, 2.45) is 0 Å². The molecule has 3 aromatic rings. The van der Waals surface area contributed by atoms with E-state index in [9.17, 15) is 14.2 Å². The SMILES string of the molecule is CC(C)NP(=O)(Oc1ccccc1)n1cc(CC(=O)c2c(Cl)cccc2Cl)c(C(=O)NC2CCCCC2)n1.O=C=O. The Kier molecular flexibility index (Phi) is 11.9. The van der Waals surface area contributed by atoms with Crippen LogP contribution in [0.3, 0.4) is 0 Å². The fourth-order valence-electron chi connectivity index (χ4n) is 4.46. The maximum atomic E-state index is 14.1.